The maximum atomic E-state index is 13.4. The molecule has 0 fully saturated rings. The number of aromatic nitrogens is 1. The number of fused-ring (bicyclic) bond motifs is 1. The fourth-order valence-electron chi connectivity index (χ4n) is 1.51. The largest absolute Gasteiger partial charge is 0.360 e. The Hall–Kier alpha value is -1.97. The lowest BCUT2D eigenvalue weighted by Crippen LogP contribution is -2.09. The van der Waals surface area contributed by atoms with Crippen LogP contribution in [0.25, 0.3) is 10.9 Å². The normalized spacial score (nSPS) is 10.5. The first-order valence-corrected chi connectivity index (χ1v) is 4.42. The minimum Gasteiger partial charge on any atom is -0.360 e. The van der Waals surface area contributed by atoms with E-state index in [1.54, 1.807) is 6.07 Å². The van der Waals surface area contributed by atoms with E-state index in [9.17, 15) is 14.0 Å². The highest BCUT2D eigenvalue weighted by atomic mass is 19.1. The van der Waals surface area contributed by atoms with E-state index in [-0.39, 0.29) is 10.9 Å². The van der Waals surface area contributed by atoms with Crippen molar-refractivity contribution < 1.29 is 14.0 Å². The van der Waals surface area contributed by atoms with Crippen LogP contribution < -0.4 is 0 Å². The second-order valence-electron chi connectivity index (χ2n) is 3.25. The Bertz CT molecular complexity index is 557. The summed E-state index contributed by atoms with van der Waals surface area (Å²) in [6.45, 7) is 1.17. The van der Waals surface area contributed by atoms with Crippen molar-refractivity contribution in [2.24, 2.45) is 0 Å². The van der Waals surface area contributed by atoms with Gasteiger partial charge in [0.1, 0.15) is 5.82 Å². The smallest absolute Gasteiger partial charge is 0.230 e. The molecule has 2 rings (SSSR count). The average Bonchev–Trinajstić information content (AvgIpc) is 2.61. The molecule has 0 saturated heterocycles. The van der Waals surface area contributed by atoms with Crippen molar-refractivity contribution in [3.63, 3.8) is 0 Å². The summed E-state index contributed by atoms with van der Waals surface area (Å²) < 4.78 is 13.4. The number of halogens is 1. The molecule has 1 N–H and O–H groups in total. The Labute approximate surface area is 84.9 Å². The molecule has 0 atom stereocenters. The zero-order chi connectivity index (χ0) is 11.0. The molecule has 4 heteroatoms. The molecule has 1 heterocycles. The summed E-state index contributed by atoms with van der Waals surface area (Å²) in [5, 5.41) is 0.178. The molecule has 76 valence electrons. The molecular formula is C11H8FNO2. The number of H-pyrrole nitrogens is 1. The van der Waals surface area contributed by atoms with E-state index < -0.39 is 17.4 Å². The van der Waals surface area contributed by atoms with Crippen molar-refractivity contribution in [2.45, 2.75) is 6.92 Å². The summed E-state index contributed by atoms with van der Waals surface area (Å²) in [5.74, 6) is -1.77. The lowest BCUT2D eigenvalue weighted by atomic mass is 10.1. The van der Waals surface area contributed by atoms with Crippen molar-refractivity contribution >= 4 is 22.5 Å². The predicted molar refractivity (Wildman–Crippen MR) is 53.3 cm³/mol. The number of carbonyl (C=O) groups is 2. The van der Waals surface area contributed by atoms with Gasteiger partial charge in [0, 0.05) is 24.0 Å². The molecule has 1 aromatic carbocycles. The summed E-state index contributed by atoms with van der Waals surface area (Å²) in [6.07, 6.45) is 1.36. The summed E-state index contributed by atoms with van der Waals surface area (Å²) in [6, 6.07) is 4.44. The minimum absolute atomic E-state index is 0.0931. The molecular weight excluding hydrogens is 197 g/mol. The van der Waals surface area contributed by atoms with Crippen LogP contribution in [0.1, 0.15) is 17.3 Å². The van der Waals surface area contributed by atoms with E-state index >= 15 is 0 Å². The Morgan fingerprint density at radius 2 is 2.07 bits per heavy atom. The minimum atomic E-state index is -0.675. The second kappa shape index (κ2) is 3.31. The highest BCUT2D eigenvalue weighted by Crippen LogP contribution is 2.21. The summed E-state index contributed by atoms with van der Waals surface area (Å²) in [4.78, 5) is 25.1. The van der Waals surface area contributed by atoms with Gasteiger partial charge in [0.05, 0.1) is 5.56 Å². The Balaban J connectivity index is 2.73. The second-order valence-corrected chi connectivity index (χ2v) is 3.25. The maximum absolute atomic E-state index is 13.4. The SMILES string of the molecule is CC(=O)C(=O)c1c[nH]c2cccc(F)c12. The molecule has 15 heavy (non-hydrogen) atoms. The number of rotatable bonds is 2. The van der Waals surface area contributed by atoms with Crippen LogP contribution in [0.3, 0.4) is 0 Å². The third-order valence-electron chi connectivity index (χ3n) is 2.22. The first kappa shape index (κ1) is 9.58. The van der Waals surface area contributed by atoms with Gasteiger partial charge in [-0.2, -0.15) is 0 Å². The lowest BCUT2D eigenvalue weighted by molar-refractivity contribution is -0.113. The Morgan fingerprint density at radius 3 is 2.73 bits per heavy atom. The third-order valence-corrected chi connectivity index (χ3v) is 2.22. The van der Waals surface area contributed by atoms with Crippen molar-refractivity contribution in [3.05, 3.63) is 35.8 Å². The molecule has 0 aliphatic carbocycles. The molecule has 2 aromatic rings. The summed E-state index contributed by atoms with van der Waals surface area (Å²) >= 11 is 0. The molecule has 0 saturated carbocycles. The first-order chi connectivity index (χ1) is 7.11. The van der Waals surface area contributed by atoms with E-state index in [1.807, 2.05) is 0 Å². The van der Waals surface area contributed by atoms with Gasteiger partial charge in [-0.15, -0.1) is 0 Å². The van der Waals surface area contributed by atoms with Gasteiger partial charge in [0.25, 0.3) is 0 Å². The molecule has 3 nitrogen and oxygen atoms in total. The maximum Gasteiger partial charge on any atom is 0.230 e. The van der Waals surface area contributed by atoms with Crippen molar-refractivity contribution in [2.75, 3.05) is 0 Å². The molecule has 0 spiro atoms. The van der Waals surface area contributed by atoms with Gasteiger partial charge >= 0.3 is 0 Å². The molecule has 1 aromatic heterocycles. The fourth-order valence-corrected chi connectivity index (χ4v) is 1.51. The van der Waals surface area contributed by atoms with Crippen LogP contribution in [0.2, 0.25) is 0 Å². The number of hydrogen-bond donors (Lipinski definition) is 1. The number of Topliss-reactive ketones (excluding diaryl/α,β-unsaturated/α-hetero) is 2. The first-order valence-electron chi connectivity index (χ1n) is 4.42. The number of benzene rings is 1. The summed E-state index contributed by atoms with van der Waals surface area (Å²) in [5.41, 5.74) is 0.607. The topological polar surface area (TPSA) is 49.9 Å². The van der Waals surface area contributed by atoms with Crippen molar-refractivity contribution in [1.82, 2.24) is 4.98 Å². The van der Waals surface area contributed by atoms with Crippen LogP contribution in [-0.4, -0.2) is 16.6 Å². The van der Waals surface area contributed by atoms with Gasteiger partial charge in [-0.05, 0) is 12.1 Å². The zero-order valence-electron chi connectivity index (χ0n) is 8.00. The number of hydrogen-bond acceptors (Lipinski definition) is 2. The quantitative estimate of drug-likeness (QED) is 0.602. The van der Waals surface area contributed by atoms with Crippen molar-refractivity contribution in [3.8, 4) is 0 Å². The van der Waals surface area contributed by atoms with E-state index in [0.29, 0.717) is 5.52 Å². The highest BCUT2D eigenvalue weighted by molar-refractivity contribution is 6.45. The third kappa shape index (κ3) is 1.44. The predicted octanol–water partition coefficient (Wildman–Crippen LogP) is 2.08. The highest BCUT2D eigenvalue weighted by Gasteiger charge is 2.18. The van der Waals surface area contributed by atoms with E-state index in [1.165, 1.54) is 25.3 Å². The van der Waals surface area contributed by atoms with Gasteiger partial charge in [-0.1, -0.05) is 6.07 Å². The Kier molecular flexibility index (Phi) is 2.11. The van der Waals surface area contributed by atoms with Gasteiger partial charge < -0.3 is 4.98 Å². The number of nitrogens with one attached hydrogen (secondary N) is 1. The van der Waals surface area contributed by atoms with Gasteiger partial charge in [0.15, 0.2) is 5.78 Å². The van der Waals surface area contributed by atoms with Crippen LogP contribution >= 0.6 is 0 Å². The van der Waals surface area contributed by atoms with Crippen LogP contribution in [0.15, 0.2) is 24.4 Å². The summed E-state index contributed by atoms with van der Waals surface area (Å²) in [7, 11) is 0. The molecule has 0 amide bonds. The Morgan fingerprint density at radius 1 is 1.33 bits per heavy atom. The van der Waals surface area contributed by atoms with Gasteiger partial charge in [-0.3, -0.25) is 9.59 Å². The van der Waals surface area contributed by atoms with Gasteiger partial charge in [-0.25, -0.2) is 4.39 Å². The molecule has 0 aliphatic rings. The molecule has 0 unspecified atom stereocenters. The van der Waals surface area contributed by atoms with E-state index in [2.05, 4.69) is 4.98 Å². The van der Waals surface area contributed by atoms with Crippen LogP contribution in [0.5, 0.6) is 0 Å². The molecule has 0 bridgehead atoms. The number of aromatic amines is 1. The number of carbonyl (C=O) groups excluding carboxylic acids is 2. The van der Waals surface area contributed by atoms with Crippen LogP contribution in [0.4, 0.5) is 4.39 Å². The lowest BCUT2D eigenvalue weighted by Gasteiger charge is -1.95. The van der Waals surface area contributed by atoms with Gasteiger partial charge in [0.2, 0.25) is 5.78 Å². The zero-order valence-corrected chi connectivity index (χ0v) is 8.00. The molecule has 0 radical (unpaired) electrons. The molecule has 0 aliphatic heterocycles. The van der Waals surface area contributed by atoms with Crippen LogP contribution in [-0.2, 0) is 4.79 Å². The van der Waals surface area contributed by atoms with E-state index in [0.717, 1.165) is 0 Å². The fraction of sp³-hybridized carbons (Fsp3) is 0.0909. The van der Waals surface area contributed by atoms with Crippen LogP contribution in [0, 0.1) is 5.82 Å². The standard InChI is InChI=1S/C11H8FNO2/c1-6(14)11(15)7-5-13-9-4-2-3-8(12)10(7)9/h2-5,13H,1H3. The van der Waals surface area contributed by atoms with E-state index in [4.69, 9.17) is 0 Å². The number of ketones is 2. The average molecular weight is 205 g/mol. The van der Waals surface area contributed by atoms with Crippen molar-refractivity contribution in [1.29, 1.82) is 0 Å². The monoisotopic (exact) mass is 205 g/mol.